The summed E-state index contributed by atoms with van der Waals surface area (Å²) < 4.78 is 0. The van der Waals surface area contributed by atoms with E-state index in [1.165, 1.54) is 6.07 Å². The molecular formula is C14H12N4O3. The van der Waals surface area contributed by atoms with Crippen LogP contribution < -0.4 is 11.0 Å². The summed E-state index contributed by atoms with van der Waals surface area (Å²) in [4.78, 5) is 27.0. The molecule has 3 rings (SSSR count). The number of anilines is 1. The highest BCUT2D eigenvalue weighted by Gasteiger charge is 2.16. The van der Waals surface area contributed by atoms with E-state index in [1.807, 2.05) is 30.3 Å². The highest BCUT2D eigenvalue weighted by atomic mass is 16.6. The van der Waals surface area contributed by atoms with Crippen molar-refractivity contribution in [3.8, 4) is 0 Å². The molecule has 0 saturated carbocycles. The highest BCUT2D eigenvalue weighted by molar-refractivity contribution is 5.84. The molecule has 0 atom stereocenters. The predicted molar refractivity (Wildman–Crippen MR) is 79.3 cm³/mol. The molecule has 0 saturated heterocycles. The van der Waals surface area contributed by atoms with Crippen LogP contribution in [-0.4, -0.2) is 14.9 Å². The zero-order valence-electron chi connectivity index (χ0n) is 10.9. The summed E-state index contributed by atoms with van der Waals surface area (Å²) in [6.45, 7) is 0.460. The summed E-state index contributed by atoms with van der Waals surface area (Å²) in [5.74, 6) is 0. The fourth-order valence-corrected chi connectivity index (χ4v) is 2.16. The molecule has 1 aromatic heterocycles. The fraction of sp³-hybridized carbons (Fsp3) is 0.0714. The zero-order chi connectivity index (χ0) is 14.8. The second-order valence-corrected chi connectivity index (χ2v) is 4.59. The number of hydrogen-bond donors (Lipinski definition) is 3. The van der Waals surface area contributed by atoms with E-state index in [-0.39, 0.29) is 11.4 Å². The Labute approximate surface area is 118 Å². The van der Waals surface area contributed by atoms with Crippen molar-refractivity contribution in [2.75, 3.05) is 5.32 Å². The summed E-state index contributed by atoms with van der Waals surface area (Å²) in [6.07, 6.45) is 0. The Bertz CT molecular complexity index is 852. The zero-order valence-corrected chi connectivity index (χ0v) is 10.9. The van der Waals surface area contributed by atoms with Crippen LogP contribution in [0.3, 0.4) is 0 Å². The minimum Gasteiger partial charge on any atom is -0.375 e. The van der Waals surface area contributed by atoms with Gasteiger partial charge in [0.15, 0.2) is 0 Å². The van der Waals surface area contributed by atoms with Crippen LogP contribution in [0.15, 0.2) is 47.3 Å². The molecule has 7 heteroatoms. The third-order valence-corrected chi connectivity index (χ3v) is 3.15. The van der Waals surface area contributed by atoms with E-state index in [1.54, 1.807) is 6.07 Å². The fourth-order valence-electron chi connectivity index (χ4n) is 2.16. The van der Waals surface area contributed by atoms with Crippen molar-refractivity contribution in [3.05, 3.63) is 68.6 Å². The van der Waals surface area contributed by atoms with Crippen LogP contribution in [0.25, 0.3) is 11.0 Å². The number of nitro groups is 1. The Hall–Kier alpha value is -3.09. The number of nitrogens with one attached hydrogen (secondary N) is 3. The molecule has 7 nitrogen and oxygen atoms in total. The molecule has 0 amide bonds. The van der Waals surface area contributed by atoms with E-state index in [4.69, 9.17) is 0 Å². The van der Waals surface area contributed by atoms with Gasteiger partial charge >= 0.3 is 5.69 Å². The van der Waals surface area contributed by atoms with Gasteiger partial charge in [0, 0.05) is 12.6 Å². The number of fused-ring (bicyclic) bond motifs is 1. The van der Waals surface area contributed by atoms with Gasteiger partial charge in [-0.25, -0.2) is 4.79 Å². The maximum absolute atomic E-state index is 11.3. The van der Waals surface area contributed by atoms with E-state index in [0.717, 1.165) is 5.56 Å². The average Bonchev–Trinajstić information content (AvgIpc) is 2.84. The van der Waals surface area contributed by atoms with Gasteiger partial charge in [-0.3, -0.25) is 10.1 Å². The van der Waals surface area contributed by atoms with Crippen molar-refractivity contribution in [3.63, 3.8) is 0 Å². The van der Waals surface area contributed by atoms with Crippen LogP contribution >= 0.6 is 0 Å². The topological polar surface area (TPSA) is 104 Å². The first-order valence-electron chi connectivity index (χ1n) is 6.32. The maximum Gasteiger partial charge on any atom is 0.323 e. The molecule has 0 unspecified atom stereocenters. The van der Waals surface area contributed by atoms with Gasteiger partial charge in [0.25, 0.3) is 5.69 Å². The lowest BCUT2D eigenvalue weighted by Crippen LogP contribution is -2.02. The summed E-state index contributed by atoms with van der Waals surface area (Å²) in [7, 11) is 0. The first-order chi connectivity index (χ1) is 10.1. The number of aromatic amines is 2. The van der Waals surface area contributed by atoms with Crippen LogP contribution in [0.1, 0.15) is 5.56 Å². The van der Waals surface area contributed by atoms with Crippen LogP contribution in [0.5, 0.6) is 0 Å². The number of rotatable bonds is 4. The second kappa shape index (κ2) is 5.12. The van der Waals surface area contributed by atoms with E-state index in [9.17, 15) is 14.9 Å². The summed E-state index contributed by atoms with van der Waals surface area (Å²) >= 11 is 0. The van der Waals surface area contributed by atoms with E-state index in [2.05, 4.69) is 15.3 Å². The quantitative estimate of drug-likeness (QED) is 0.505. The van der Waals surface area contributed by atoms with Gasteiger partial charge in [-0.15, -0.1) is 0 Å². The number of nitrogens with zero attached hydrogens (tertiary/aromatic N) is 1. The molecule has 3 aromatic rings. The number of hydrogen-bond acceptors (Lipinski definition) is 4. The minimum atomic E-state index is -0.474. The normalized spacial score (nSPS) is 10.7. The molecule has 0 aliphatic heterocycles. The molecular weight excluding hydrogens is 272 g/mol. The molecule has 106 valence electrons. The number of imidazole rings is 1. The van der Waals surface area contributed by atoms with Crippen LogP contribution in [0, 0.1) is 10.1 Å². The third-order valence-electron chi connectivity index (χ3n) is 3.15. The molecule has 0 spiro atoms. The Balaban J connectivity index is 1.97. The summed E-state index contributed by atoms with van der Waals surface area (Å²) in [5, 5.41) is 14.2. The van der Waals surface area contributed by atoms with Crippen molar-refractivity contribution in [2.45, 2.75) is 6.54 Å². The van der Waals surface area contributed by atoms with Crippen molar-refractivity contribution in [1.29, 1.82) is 0 Å². The number of H-pyrrole nitrogens is 2. The van der Waals surface area contributed by atoms with Crippen molar-refractivity contribution < 1.29 is 4.92 Å². The third kappa shape index (κ3) is 2.62. The Kier molecular flexibility index (Phi) is 3.15. The molecule has 1 heterocycles. The van der Waals surface area contributed by atoms with Crippen LogP contribution in [0.4, 0.5) is 11.4 Å². The molecule has 3 N–H and O–H groups in total. The van der Waals surface area contributed by atoms with E-state index < -0.39 is 4.92 Å². The van der Waals surface area contributed by atoms with Gasteiger partial charge in [-0.2, -0.15) is 0 Å². The molecule has 0 bridgehead atoms. The lowest BCUT2D eigenvalue weighted by molar-refractivity contribution is -0.383. The molecule has 0 aliphatic rings. The van der Waals surface area contributed by atoms with Gasteiger partial charge in [0.1, 0.15) is 5.69 Å². The summed E-state index contributed by atoms with van der Waals surface area (Å²) in [5.41, 5.74) is 1.85. The van der Waals surface area contributed by atoms with Gasteiger partial charge in [0.2, 0.25) is 0 Å². The van der Waals surface area contributed by atoms with Crippen molar-refractivity contribution >= 4 is 22.4 Å². The highest BCUT2D eigenvalue weighted by Crippen LogP contribution is 2.28. The molecule has 0 fully saturated rings. The number of benzene rings is 2. The lowest BCUT2D eigenvalue weighted by Gasteiger charge is -2.07. The first kappa shape index (κ1) is 12.9. The monoisotopic (exact) mass is 284 g/mol. The lowest BCUT2D eigenvalue weighted by atomic mass is 10.2. The standard InChI is InChI=1S/C14H12N4O3/c19-14-16-10-6-12(13(18(20)21)7-11(10)17-14)15-8-9-4-2-1-3-5-9/h1-7,15H,8H2,(H2,16,17,19). The predicted octanol–water partition coefficient (Wildman–Crippen LogP) is 2.38. The van der Waals surface area contributed by atoms with Crippen LogP contribution in [-0.2, 0) is 6.54 Å². The smallest absolute Gasteiger partial charge is 0.323 e. The average molecular weight is 284 g/mol. The van der Waals surface area contributed by atoms with E-state index >= 15 is 0 Å². The van der Waals surface area contributed by atoms with Gasteiger partial charge in [-0.1, -0.05) is 30.3 Å². The molecule has 2 aromatic carbocycles. The van der Waals surface area contributed by atoms with Gasteiger partial charge < -0.3 is 15.3 Å². The summed E-state index contributed by atoms with van der Waals surface area (Å²) in [6, 6.07) is 12.5. The Morgan fingerprint density at radius 3 is 2.43 bits per heavy atom. The number of nitro benzene ring substituents is 1. The maximum atomic E-state index is 11.3. The van der Waals surface area contributed by atoms with Crippen molar-refractivity contribution in [1.82, 2.24) is 9.97 Å². The number of aromatic nitrogens is 2. The minimum absolute atomic E-state index is 0.0753. The molecule has 21 heavy (non-hydrogen) atoms. The van der Waals surface area contributed by atoms with Gasteiger partial charge in [-0.05, 0) is 11.6 Å². The Morgan fingerprint density at radius 1 is 1.10 bits per heavy atom. The van der Waals surface area contributed by atoms with Gasteiger partial charge in [0.05, 0.1) is 16.0 Å². The largest absolute Gasteiger partial charge is 0.375 e. The van der Waals surface area contributed by atoms with Crippen molar-refractivity contribution in [2.24, 2.45) is 0 Å². The second-order valence-electron chi connectivity index (χ2n) is 4.59. The SMILES string of the molecule is O=c1[nH]c2cc(NCc3ccccc3)c([N+](=O)[O-])cc2[nH]1. The Morgan fingerprint density at radius 2 is 1.76 bits per heavy atom. The van der Waals surface area contributed by atoms with E-state index in [0.29, 0.717) is 23.3 Å². The molecule has 0 aliphatic carbocycles. The van der Waals surface area contributed by atoms with Crippen LogP contribution in [0.2, 0.25) is 0 Å². The molecule has 0 radical (unpaired) electrons. The first-order valence-corrected chi connectivity index (χ1v) is 6.32.